The summed E-state index contributed by atoms with van der Waals surface area (Å²) in [6, 6.07) is 13.3. The van der Waals surface area contributed by atoms with Crippen molar-refractivity contribution in [2.45, 2.75) is 68.7 Å². The quantitative estimate of drug-likeness (QED) is 0.561. The van der Waals surface area contributed by atoms with E-state index in [9.17, 15) is 22.8 Å². The molecule has 2 bridgehead atoms. The Morgan fingerprint density at radius 3 is 2.39 bits per heavy atom. The predicted octanol–water partition coefficient (Wildman–Crippen LogP) is 5.57. The molecule has 2 saturated carbocycles. The standard InChI is InChI=1S/C23H20F3NO3.C5H8O/c1-30-20-9-7-17(8-10-20)22(12-3-6-19(28)15-22)13-11-16-4-2-5-18(14-16)27-21(29)23(24,25)26;1-2-5-3-4(1)6-5/h2,4-5,7-10,14H,3,6,12,15H2,1H3,(H,27,29);4-5H,1-3H2. The molecule has 2 aliphatic carbocycles. The van der Waals surface area contributed by atoms with Gasteiger partial charge in [0.2, 0.25) is 0 Å². The molecular weight excluding hydrogens is 471 g/mol. The number of rotatable bonds is 3. The van der Waals surface area contributed by atoms with Crippen LogP contribution in [0.2, 0.25) is 0 Å². The van der Waals surface area contributed by atoms with Crippen molar-refractivity contribution >= 4 is 17.4 Å². The van der Waals surface area contributed by atoms with Gasteiger partial charge >= 0.3 is 12.1 Å². The van der Waals surface area contributed by atoms with E-state index in [1.165, 1.54) is 37.5 Å². The second-order valence-corrected chi connectivity index (χ2v) is 9.36. The first-order chi connectivity index (χ1) is 17.2. The number of carbonyl (C=O) groups is 2. The lowest BCUT2D eigenvalue weighted by Gasteiger charge is -2.32. The highest BCUT2D eigenvalue weighted by Gasteiger charge is 2.39. The van der Waals surface area contributed by atoms with E-state index < -0.39 is 17.5 Å². The molecule has 190 valence electrons. The summed E-state index contributed by atoms with van der Waals surface area (Å²) < 4.78 is 47.9. The molecular formula is C28H28F3NO4. The number of ketones is 1. The number of carbonyl (C=O) groups excluding carboxylic acids is 2. The maximum Gasteiger partial charge on any atom is 0.471 e. The number of halogens is 3. The number of hydrogen-bond donors (Lipinski definition) is 1. The van der Waals surface area contributed by atoms with Crippen LogP contribution in [0.4, 0.5) is 18.9 Å². The van der Waals surface area contributed by atoms with E-state index >= 15 is 0 Å². The third-order valence-electron chi connectivity index (χ3n) is 6.75. The topological polar surface area (TPSA) is 64.6 Å². The second kappa shape index (κ2) is 10.8. The summed E-state index contributed by atoms with van der Waals surface area (Å²) in [5.74, 6) is 4.96. The van der Waals surface area contributed by atoms with Gasteiger partial charge in [-0.1, -0.05) is 30.0 Å². The Balaban J connectivity index is 0.000000434. The minimum atomic E-state index is -4.97. The summed E-state index contributed by atoms with van der Waals surface area (Å²) in [4.78, 5) is 23.4. The summed E-state index contributed by atoms with van der Waals surface area (Å²) in [6.45, 7) is 0. The van der Waals surface area contributed by atoms with E-state index in [1.54, 1.807) is 13.2 Å². The van der Waals surface area contributed by atoms with Crippen LogP contribution in [0.1, 0.15) is 56.1 Å². The molecule has 5 nitrogen and oxygen atoms in total. The highest BCUT2D eigenvalue weighted by molar-refractivity contribution is 5.95. The normalized spacial score (nSPS) is 24.4. The first-order valence-corrected chi connectivity index (χ1v) is 12.0. The summed E-state index contributed by atoms with van der Waals surface area (Å²) in [5, 5.41) is 1.82. The van der Waals surface area contributed by atoms with Crippen molar-refractivity contribution in [2.24, 2.45) is 0 Å². The summed E-state index contributed by atoms with van der Waals surface area (Å²) >= 11 is 0. The fourth-order valence-corrected chi connectivity index (χ4v) is 4.80. The maximum absolute atomic E-state index is 12.5. The molecule has 0 spiro atoms. The minimum Gasteiger partial charge on any atom is -0.497 e. The van der Waals surface area contributed by atoms with Gasteiger partial charge < -0.3 is 14.8 Å². The maximum atomic E-state index is 12.5. The lowest BCUT2D eigenvalue weighted by Crippen LogP contribution is -2.31. The van der Waals surface area contributed by atoms with Crippen LogP contribution in [0, 0.1) is 11.8 Å². The Hall–Kier alpha value is -3.31. The molecule has 8 heteroatoms. The van der Waals surface area contributed by atoms with Crippen molar-refractivity contribution in [3.63, 3.8) is 0 Å². The van der Waals surface area contributed by atoms with E-state index in [0.717, 1.165) is 5.56 Å². The van der Waals surface area contributed by atoms with Gasteiger partial charge in [-0.3, -0.25) is 9.59 Å². The number of methoxy groups -OCH3 is 1. The average Bonchev–Trinajstić information content (AvgIpc) is 3.50. The zero-order valence-electron chi connectivity index (χ0n) is 20.0. The van der Waals surface area contributed by atoms with Crippen molar-refractivity contribution in [1.82, 2.24) is 0 Å². The monoisotopic (exact) mass is 499 g/mol. The number of fused-ring (bicyclic) bond motifs is 1. The Morgan fingerprint density at radius 1 is 1.14 bits per heavy atom. The molecule has 1 amide bonds. The first-order valence-electron chi connectivity index (χ1n) is 12.0. The minimum absolute atomic E-state index is 0.00217. The van der Waals surface area contributed by atoms with Gasteiger partial charge in [-0.25, -0.2) is 0 Å². The van der Waals surface area contributed by atoms with Crippen LogP contribution in [0.25, 0.3) is 0 Å². The van der Waals surface area contributed by atoms with E-state index in [2.05, 4.69) is 11.8 Å². The Morgan fingerprint density at radius 2 is 1.83 bits per heavy atom. The molecule has 3 unspecified atom stereocenters. The van der Waals surface area contributed by atoms with Crippen LogP contribution in [-0.4, -0.2) is 37.2 Å². The van der Waals surface area contributed by atoms with Gasteiger partial charge in [0.05, 0.1) is 24.7 Å². The van der Waals surface area contributed by atoms with Gasteiger partial charge in [-0.15, -0.1) is 0 Å². The van der Waals surface area contributed by atoms with Crippen LogP contribution >= 0.6 is 0 Å². The number of Topliss-reactive ketones (excluding diaryl/α,β-unsaturated/α-hetero) is 1. The number of nitrogens with one attached hydrogen (secondary N) is 1. The molecule has 0 radical (unpaired) electrons. The molecule has 0 aromatic heterocycles. The third-order valence-corrected chi connectivity index (χ3v) is 6.75. The van der Waals surface area contributed by atoms with E-state index in [-0.39, 0.29) is 17.9 Å². The highest BCUT2D eigenvalue weighted by atomic mass is 19.4. The molecule has 2 heterocycles. The van der Waals surface area contributed by atoms with Crippen molar-refractivity contribution in [2.75, 3.05) is 12.4 Å². The zero-order chi connectivity index (χ0) is 25.8. The smallest absolute Gasteiger partial charge is 0.471 e. The summed E-state index contributed by atoms with van der Waals surface area (Å²) in [5.41, 5.74) is 0.668. The average molecular weight is 500 g/mol. The SMILES string of the molecule is C1CC2CC1O2.COc1ccc(C2(C#Cc3cccc(NC(=O)C(F)(F)F)c3)CCCC(=O)C2)cc1. The summed E-state index contributed by atoms with van der Waals surface area (Å²) in [6.07, 6.45) is 2.64. The van der Waals surface area contributed by atoms with E-state index in [1.807, 2.05) is 29.6 Å². The van der Waals surface area contributed by atoms with Crippen LogP contribution < -0.4 is 10.1 Å². The number of amides is 1. The molecule has 1 N–H and O–H groups in total. The lowest BCUT2D eigenvalue weighted by atomic mass is 9.69. The largest absolute Gasteiger partial charge is 0.497 e. The Labute approximate surface area is 208 Å². The van der Waals surface area contributed by atoms with Crippen LogP contribution in [0.15, 0.2) is 48.5 Å². The fraction of sp³-hybridized carbons (Fsp3) is 0.429. The number of alkyl halides is 3. The van der Waals surface area contributed by atoms with Crippen LogP contribution in [-0.2, 0) is 19.7 Å². The molecule has 2 aliphatic heterocycles. The molecule has 2 saturated heterocycles. The number of anilines is 1. The van der Waals surface area contributed by atoms with Crippen molar-refractivity contribution in [3.05, 3.63) is 59.7 Å². The lowest BCUT2D eigenvalue weighted by molar-refractivity contribution is -0.167. The van der Waals surface area contributed by atoms with E-state index in [4.69, 9.17) is 9.47 Å². The second-order valence-electron chi connectivity index (χ2n) is 9.36. The summed E-state index contributed by atoms with van der Waals surface area (Å²) in [7, 11) is 1.57. The van der Waals surface area contributed by atoms with Gasteiger partial charge in [0.15, 0.2) is 0 Å². The van der Waals surface area contributed by atoms with E-state index in [0.29, 0.717) is 42.8 Å². The van der Waals surface area contributed by atoms with Crippen LogP contribution in [0.3, 0.4) is 0 Å². The molecule has 2 aromatic rings. The van der Waals surface area contributed by atoms with Crippen molar-refractivity contribution in [1.29, 1.82) is 0 Å². The molecule has 3 atom stereocenters. The predicted molar refractivity (Wildman–Crippen MR) is 129 cm³/mol. The molecule has 2 aromatic carbocycles. The van der Waals surface area contributed by atoms with Gasteiger partial charge in [0.25, 0.3) is 0 Å². The molecule has 36 heavy (non-hydrogen) atoms. The van der Waals surface area contributed by atoms with Gasteiger partial charge in [-0.2, -0.15) is 13.2 Å². The first kappa shape index (κ1) is 25.8. The number of benzene rings is 2. The zero-order valence-corrected chi connectivity index (χ0v) is 20.0. The van der Waals surface area contributed by atoms with Gasteiger partial charge in [0, 0.05) is 24.1 Å². The molecule has 4 aliphatic rings. The third kappa shape index (κ3) is 6.27. The Bertz CT molecular complexity index is 1150. The van der Waals surface area contributed by atoms with Gasteiger partial charge in [0.1, 0.15) is 11.5 Å². The number of hydrogen-bond acceptors (Lipinski definition) is 4. The molecule has 4 fully saturated rings. The van der Waals surface area contributed by atoms with Gasteiger partial charge in [-0.05, 0) is 68.0 Å². The van der Waals surface area contributed by atoms with Crippen LogP contribution in [0.5, 0.6) is 5.75 Å². The Kier molecular flexibility index (Phi) is 7.70. The fourth-order valence-electron chi connectivity index (χ4n) is 4.80. The van der Waals surface area contributed by atoms with Crippen molar-refractivity contribution < 1.29 is 32.2 Å². The number of ether oxygens (including phenoxy) is 2. The molecule has 6 rings (SSSR count). The van der Waals surface area contributed by atoms with Crippen molar-refractivity contribution in [3.8, 4) is 17.6 Å². The highest BCUT2D eigenvalue weighted by Crippen LogP contribution is 2.38.